The molecule has 98 valence electrons. The van der Waals surface area contributed by atoms with E-state index in [4.69, 9.17) is 10.8 Å². The van der Waals surface area contributed by atoms with E-state index in [0.717, 1.165) is 11.1 Å². The van der Waals surface area contributed by atoms with Crippen LogP contribution in [-0.2, 0) is 0 Å². The second-order valence-electron chi connectivity index (χ2n) is 4.20. The predicted octanol–water partition coefficient (Wildman–Crippen LogP) is 1.97. The van der Waals surface area contributed by atoms with Gasteiger partial charge in [0.2, 0.25) is 0 Å². The Morgan fingerprint density at radius 1 is 1.15 bits per heavy atom. The summed E-state index contributed by atoms with van der Waals surface area (Å²) in [5, 5.41) is 9.68. The largest absolute Gasteiger partial charge is 0.477 e. The van der Waals surface area contributed by atoms with Crippen LogP contribution in [0.25, 0.3) is 22.2 Å². The minimum atomic E-state index is -1.06. The Labute approximate surface area is 113 Å². The number of pyridine rings is 1. The van der Waals surface area contributed by atoms with Crippen LogP contribution >= 0.6 is 0 Å². The van der Waals surface area contributed by atoms with Gasteiger partial charge in [-0.1, -0.05) is 12.1 Å². The molecule has 0 saturated carbocycles. The molecule has 0 amide bonds. The van der Waals surface area contributed by atoms with Gasteiger partial charge >= 0.3 is 5.97 Å². The first kappa shape index (κ1) is 12.0. The van der Waals surface area contributed by atoms with Gasteiger partial charge in [0.05, 0.1) is 11.2 Å². The molecule has 6 heteroatoms. The number of carboxylic acid groups (broad SMARTS) is 1. The van der Waals surface area contributed by atoms with Gasteiger partial charge in [-0.3, -0.25) is 0 Å². The molecule has 3 aromatic rings. The molecular formula is C14H10N4O2. The van der Waals surface area contributed by atoms with E-state index < -0.39 is 5.97 Å². The van der Waals surface area contributed by atoms with Gasteiger partial charge in [-0.25, -0.2) is 19.7 Å². The molecule has 20 heavy (non-hydrogen) atoms. The maximum Gasteiger partial charge on any atom is 0.354 e. The van der Waals surface area contributed by atoms with Crippen molar-refractivity contribution in [1.82, 2.24) is 15.0 Å². The molecule has 2 aromatic heterocycles. The van der Waals surface area contributed by atoms with Crippen molar-refractivity contribution in [3.63, 3.8) is 0 Å². The summed E-state index contributed by atoms with van der Waals surface area (Å²) >= 11 is 0. The number of carbonyl (C=O) groups is 1. The highest BCUT2D eigenvalue weighted by Gasteiger charge is 2.08. The molecule has 3 N–H and O–H groups in total. The first-order chi connectivity index (χ1) is 9.65. The summed E-state index contributed by atoms with van der Waals surface area (Å²) in [5.74, 6) is -0.679. The van der Waals surface area contributed by atoms with Crippen LogP contribution in [0, 0.1) is 0 Å². The maximum absolute atomic E-state index is 10.9. The fraction of sp³-hybridized carbons (Fsp3) is 0. The van der Waals surface area contributed by atoms with Crippen LogP contribution in [0.3, 0.4) is 0 Å². The number of nitrogens with two attached hydrogens (primary N) is 1. The van der Waals surface area contributed by atoms with Crippen LogP contribution < -0.4 is 5.73 Å². The van der Waals surface area contributed by atoms with Crippen LogP contribution in [0.4, 0.5) is 5.82 Å². The van der Waals surface area contributed by atoms with E-state index in [2.05, 4.69) is 15.0 Å². The number of hydrogen-bond donors (Lipinski definition) is 2. The number of carboxylic acids is 1. The smallest absolute Gasteiger partial charge is 0.354 e. The Bertz CT molecular complexity index is 817. The first-order valence-electron chi connectivity index (χ1n) is 5.86. The van der Waals surface area contributed by atoms with Crippen molar-refractivity contribution >= 4 is 22.7 Å². The lowest BCUT2D eigenvalue weighted by molar-refractivity contribution is 0.0690. The summed E-state index contributed by atoms with van der Waals surface area (Å²) < 4.78 is 0. The summed E-state index contributed by atoms with van der Waals surface area (Å²) in [6.45, 7) is 0. The highest BCUT2D eigenvalue weighted by molar-refractivity contribution is 5.91. The van der Waals surface area contributed by atoms with Crippen LogP contribution in [0.5, 0.6) is 0 Å². The van der Waals surface area contributed by atoms with Gasteiger partial charge in [-0.2, -0.15) is 0 Å². The van der Waals surface area contributed by atoms with E-state index in [-0.39, 0.29) is 5.69 Å². The lowest BCUT2D eigenvalue weighted by Gasteiger charge is -2.05. The maximum atomic E-state index is 10.9. The highest BCUT2D eigenvalue weighted by Crippen LogP contribution is 2.24. The van der Waals surface area contributed by atoms with Crippen molar-refractivity contribution < 1.29 is 9.90 Å². The lowest BCUT2D eigenvalue weighted by Crippen LogP contribution is -2.00. The predicted molar refractivity (Wildman–Crippen MR) is 74.1 cm³/mol. The molecule has 0 fully saturated rings. The molecule has 0 atom stereocenters. The van der Waals surface area contributed by atoms with E-state index >= 15 is 0 Å². The number of nitrogen functional groups attached to an aromatic ring is 1. The molecule has 0 unspecified atom stereocenters. The van der Waals surface area contributed by atoms with Crippen molar-refractivity contribution in [2.75, 3.05) is 5.73 Å². The fourth-order valence-corrected chi connectivity index (χ4v) is 1.95. The van der Waals surface area contributed by atoms with Gasteiger partial charge in [0.25, 0.3) is 0 Å². The first-order valence-corrected chi connectivity index (χ1v) is 5.86. The third-order valence-corrected chi connectivity index (χ3v) is 2.93. The number of rotatable bonds is 2. The standard InChI is InChI=1S/C14H10N4O2/c15-13-9-6-8(4-5-11(9)16-7-17-13)10-2-1-3-12(18-10)14(19)20/h1-7H,(H,19,20)(H2,15,16,17). The molecule has 2 heterocycles. The minimum absolute atomic E-state index is 0.000111. The number of benzene rings is 1. The van der Waals surface area contributed by atoms with Gasteiger partial charge in [0.1, 0.15) is 17.8 Å². The average Bonchev–Trinajstić information content (AvgIpc) is 2.47. The number of nitrogens with zero attached hydrogens (tertiary/aromatic N) is 3. The molecule has 0 saturated heterocycles. The topological polar surface area (TPSA) is 102 Å². The Hall–Kier alpha value is -3.02. The van der Waals surface area contributed by atoms with Crippen LogP contribution in [0.15, 0.2) is 42.7 Å². The fourth-order valence-electron chi connectivity index (χ4n) is 1.95. The SMILES string of the molecule is Nc1ncnc2ccc(-c3cccc(C(=O)O)n3)cc12. The molecule has 0 aliphatic rings. The molecule has 0 aliphatic carbocycles. The van der Waals surface area contributed by atoms with Crippen LogP contribution in [0.2, 0.25) is 0 Å². The Kier molecular flexibility index (Phi) is 2.76. The molecule has 0 aliphatic heterocycles. The zero-order valence-corrected chi connectivity index (χ0v) is 10.3. The Morgan fingerprint density at radius 3 is 2.80 bits per heavy atom. The summed E-state index contributed by atoms with van der Waals surface area (Å²) in [5.41, 5.74) is 7.88. The second kappa shape index (κ2) is 4.58. The minimum Gasteiger partial charge on any atom is -0.477 e. The third kappa shape index (κ3) is 2.03. The lowest BCUT2D eigenvalue weighted by atomic mass is 10.1. The van der Waals surface area contributed by atoms with Crippen molar-refractivity contribution in [1.29, 1.82) is 0 Å². The Balaban J connectivity index is 2.17. The number of anilines is 1. The number of hydrogen-bond acceptors (Lipinski definition) is 5. The molecule has 1 aromatic carbocycles. The quantitative estimate of drug-likeness (QED) is 0.735. The van der Waals surface area contributed by atoms with Crippen molar-refractivity contribution in [2.24, 2.45) is 0 Å². The zero-order valence-electron chi connectivity index (χ0n) is 10.3. The third-order valence-electron chi connectivity index (χ3n) is 2.93. The normalized spacial score (nSPS) is 10.6. The second-order valence-corrected chi connectivity index (χ2v) is 4.20. The van der Waals surface area contributed by atoms with E-state index in [9.17, 15) is 4.79 Å². The molecule has 3 rings (SSSR count). The summed E-state index contributed by atoms with van der Waals surface area (Å²) in [6.07, 6.45) is 1.40. The van der Waals surface area contributed by atoms with Gasteiger partial charge in [0, 0.05) is 10.9 Å². The number of aromatic nitrogens is 3. The molecule has 0 spiro atoms. The van der Waals surface area contributed by atoms with Crippen LogP contribution in [-0.4, -0.2) is 26.0 Å². The van der Waals surface area contributed by atoms with Gasteiger partial charge in [-0.05, 0) is 24.3 Å². The number of fused-ring (bicyclic) bond motifs is 1. The van der Waals surface area contributed by atoms with Crippen LogP contribution in [0.1, 0.15) is 10.5 Å². The molecule has 6 nitrogen and oxygen atoms in total. The van der Waals surface area contributed by atoms with Crippen molar-refractivity contribution in [2.45, 2.75) is 0 Å². The van der Waals surface area contributed by atoms with E-state index in [1.807, 2.05) is 6.07 Å². The number of aromatic carboxylic acids is 1. The average molecular weight is 266 g/mol. The molecular weight excluding hydrogens is 256 g/mol. The summed E-state index contributed by atoms with van der Waals surface area (Å²) in [7, 11) is 0. The monoisotopic (exact) mass is 266 g/mol. The summed E-state index contributed by atoms with van der Waals surface area (Å²) in [6, 6.07) is 10.3. The van der Waals surface area contributed by atoms with Gasteiger partial charge in [0.15, 0.2) is 0 Å². The summed E-state index contributed by atoms with van der Waals surface area (Å²) in [4.78, 5) is 23.1. The van der Waals surface area contributed by atoms with Gasteiger partial charge < -0.3 is 10.8 Å². The van der Waals surface area contributed by atoms with E-state index in [1.165, 1.54) is 12.4 Å². The Morgan fingerprint density at radius 2 is 2.00 bits per heavy atom. The highest BCUT2D eigenvalue weighted by atomic mass is 16.4. The van der Waals surface area contributed by atoms with E-state index in [0.29, 0.717) is 16.9 Å². The van der Waals surface area contributed by atoms with Crippen molar-refractivity contribution in [3.05, 3.63) is 48.4 Å². The van der Waals surface area contributed by atoms with Crippen molar-refractivity contribution in [3.8, 4) is 11.3 Å². The molecule has 0 radical (unpaired) electrons. The van der Waals surface area contributed by atoms with E-state index in [1.54, 1.807) is 24.3 Å². The zero-order chi connectivity index (χ0) is 14.1. The van der Waals surface area contributed by atoms with Gasteiger partial charge in [-0.15, -0.1) is 0 Å². The molecule has 0 bridgehead atoms.